The first-order chi connectivity index (χ1) is 10.1. The minimum atomic E-state index is -0.0230. The van der Waals surface area contributed by atoms with Crippen molar-refractivity contribution in [2.24, 2.45) is 0 Å². The van der Waals surface area contributed by atoms with Gasteiger partial charge in [-0.2, -0.15) is 0 Å². The molecule has 7 nitrogen and oxygen atoms in total. The zero-order valence-electron chi connectivity index (χ0n) is 12.3. The monoisotopic (exact) mass is 289 g/mol. The Bertz CT molecular complexity index is 548. The quantitative estimate of drug-likeness (QED) is 0.767. The first-order valence-corrected chi connectivity index (χ1v) is 7.09. The van der Waals surface area contributed by atoms with Crippen LogP contribution in [0.5, 0.6) is 0 Å². The van der Waals surface area contributed by atoms with Crippen LogP contribution in [-0.2, 0) is 9.59 Å². The maximum atomic E-state index is 12.3. The van der Waals surface area contributed by atoms with Crippen LogP contribution in [0.3, 0.4) is 0 Å². The molecular formula is C14H19N5O2. The Labute approximate surface area is 123 Å². The maximum absolute atomic E-state index is 12.3. The van der Waals surface area contributed by atoms with E-state index in [1.807, 2.05) is 23.9 Å². The number of aromatic nitrogens is 2. The molecule has 0 aromatic carbocycles. The van der Waals surface area contributed by atoms with Gasteiger partial charge in [-0.15, -0.1) is 0 Å². The van der Waals surface area contributed by atoms with Crippen LogP contribution < -0.4 is 4.90 Å². The summed E-state index contributed by atoms with van der Waals surface area (Å²) in [5.74, 6) is 0.133. The van der Waals surface area contributed by atoms with Gasteiger partial charge in [-0.25, -0.2) is 9.97 Å². The zero-order valence-corrected chi connectivity index (χ0v) is 12.3. The van der Waals surface area contributed by atoms with E-state index in [9.17, 15) is 9.59 Å². The third-order valence-corrected chi connectivity index (χ3v) is 4.09. The lowest BCUT2D eigenvalue weighted by Crippen LogP contribution is -2.43. The fraction of sp³-hybridized carbons (Fsp3) is 0.571. The Kier molecular flexibility index (Phi) is 3.59. The van der Waals surface area contributed by atoms with E-state index in [0.29, 0.717) is 19.5 Å². The highest BCUT2D eigenvalue weighted by Crippen LogP contribution is 2.35. The molecule has 0 radical (unpaired) electrons. The highest BCUT2D eigenvalue weighted by molar-refractivity contribution is 5.98. The first kappa shape index (κ1) is 13.9. The molecule has 2 aliphatic rings. The van der Waals surface area contributed by atoms with Crippen LogP contribution in [0.2, 0.25) is 0 Å². The van der Waals surface area contributed by atoms with E-state index in [1.54, 1.807) is 17.3 Å². The summed E-state index contributed by atoms with van der Waals surface area (Å²) >= 11 is 0. The van der Waals surface area contributed by atoms with Gasteiger partial charge in [0.1, 0.15) is 6.33 Å². The van der Waals surface area contributed by atoms with Crippen molar-refractivity contribution < 1.29 is 9.59 Å². The van der Waals surface area contributed by atoms with Crippen LogP contribution in [0.4, 0.5) is 5.69 Å². The van der Waals surface area contributed by atoms with Crippen molar-refractivity contribution in [2.75, 3.05) is 32.1 Å². The van der Waals surface area contributed by atoms with Gasteiger partial charge in [-0.05, 0) is 20.5 Å². The van der Waals surface area contributed by atoms with E-state index in [0.717, 1.165) is 12.1 Å². The smallest absolute Gasteiger partial charge is 0.237 e. The molecule has 0 spiro atoms. The minimum absolute atomic E-state index is 0.0230. The number of carbonyl (C=O) groups excluding carboxylic acids is 2. The van der Waals surface area contributed by atoms with Crippen molar-refractivity contribution >= 4 is 17.5 Å². The molecule has 2 saturated heterocycles. The van der Waals surface area contributed by atoms with Crippen LogP contribution in [-0.4, -0.2) is 70.9 Å². The number of amides is 2. The number of anilines is 1. The highest BCUT2D eigenvalue weighted by Gasteiger charge is 2.48. The number of carbonyl (C=O) groups is 2. The summed E-state index contributed by atoms with van der Waals surface area (Å²) in [7, 11) is 3.75. The molecule has 2 fully saturated rings. The molecule has 2 amide bonds. The number of likely N-dealkylation sites (N-methyl/N-ethyl adjacent to an activating group) is 1. The molecule has 0 bridgehead atoms. The Balaban J connectivity index is 1.79. The summed E-state index contributed by atoms with van der Waals surface area (Å²) in [6.45, 7) is 1.09. The minimum Gasteiger partial charge on any atom is -0.336 e. The van der Waals surface area contributed by atoms with Crippen LogP contribution in [0.1, 0.15) is 12.8 Å². The predicted molar refractivity (Wildman–Crippen MR) is 76.6 cm³/mol. The summed E-state index contributed by atoms with van der Waals surface area (Å²) in [6.07, 6.45) is 5.95. The second-order valence-electron chi connectivity index (χ2n) is 5.81. The third kappa shape index (κ3) is 2.49. The molecular weight excluding hydrogens is 270 g/mol. The molecule has 3 heterocycles. The number of rotatable bonds is 3. The average Bonchev–Trinajstić information content (AvgIpc) is 2.96. The molecule has 7 heteroatoms. The van der Waals surface area contributed by atoms with Gasteiger partial charge in [-0.3, -0.25) is 9.59 Å². The van der Waals surface area contributed by atoms with Crippen LogP contribution in [0.15, 0.2) is 18.7 Å². The van der Waals surface area contributed by atoms with E-state index in [-0.39, 0.29) is 23.9 Å². The Morgan fingerprint density at radius 1 is 1.33 bits per heavy atom. The molecule has 2 aliphatic heterocycles. The van der Waals surface area contributed by atoms with Gasteiger partial charge in [-0.1, -0.05) is 0 Å². The molecule has 112 valence electrons. The van der Waals surface area contributed by atoms with Crippen molar-refractivity contribution in [2.45, 2.75) is 24.9 Å². The fourth-order valence-electron chi connectivity index (χ4n) is 3.27. The predicted octanol–water partition coefficient (Wildman–Crippen LogP) is -0.256. The molecule has 2 unspecified atom stereocenters. The molecule has 0 saturated carbocycles. The standard InChI is InChI=1S/C14H19N5O2/c1-17(2)8-14(21)18-4-3-11-12(18)5-13(20)19(11)10-6-15-9-16-7-10/h6-7,9,11-12H,3-5,8H2,1-2H3. The maximum Gasteiger partial charge on any atom is 0.237 e. The molecule has 1 aromatic rings. The Morgan fingerprint density at radius 2 is 2.05 bits per heavy atom. The lowest BCUT2D eigenvalue weighted by atomic mass is 10.1. The van der Waals surface area contributed by atoms with E-state index >= 15 is 0 Å². The van der Waals surface area contributed by atoms with Gasteiger partial charge >= 0.3 is 0 Å². The first-order valence-electron chi connectivity index (χ1n) is 7.09. The molecule has 21 heavy (non-hydrogen) atoms. The number of nitrogens with zero attached hydrogens (tertiary/aromatic N) is 5. The van der Waals surface area contributed by atoms with E-state index in [1.165, 1.54) is 6.33 Å². The summed E-state index contributed by atoms with van der Waals surface area (Å²) < 4.78 is 0. The lowest BCUT2D eigenvalue weighted by molar-refractivity contribution is -0.132. The second-order valence-corrected chi connectivity index (χ2v) is 5.81. The zero-order chi connectivity index (χ0) is 15.0. The summed E-state index contributed by atoms with van der Waals surface area (Å²) in [5.41, 5.74) is 0.719. The van der Waals surface area contributed by atoms with Gasteiger partial charge in [0.15, 0.2) is 0 Å². The van der Waals surface area contributed by atoms with Crippen molar-refractivity contribution in [3.63, 3.8) is 0 Å². The van der Waals surface area contributed by atoms with Crippen LogP contribution >= 0.6 is 0 Å². The summed E-state index contributed by atoms with van der Waals surface area (Å²) in [6, 6.07) is 0.0276. The molecule has 2 atom stereocenters. The SMILES string of the molecule is CN(C)CC(=O)N1CCC2C1CC(=O)N2c1cncnc1. The number of fused-ring (bicyclic) bond motifs is 1. The van der Waals surface area contributed by atoms with Gasteiger partial charge in [0.05, 0.1) is 36.7 Å². The number of likely N-dealkylation sites (tertiary alicyclic amines) is 1. The van der Waals surface area contributed by atoms with Crippen LogP contribution in [0.25, 0.3) is 0 Å². The summed E-state index contributed by atoms with van der Waals surface area (Å²) in [5, 5.41) is 0. The van der Waals surface area contributed by atoms with Gasteiger partial charge in [0.2, 0.25) is 11.8 Å². The fourth-order valence-corrected chi connectivity index (χ4v) is 3.27. The molecule has 3 rings (SSSR count). The topological polar surface area (TPSA) is 69.6 Å². The van der Waals surface area contributed by atoms with E-state index in [2.05, 4.69) is 9.97 Å². The van der Waals surface area contributed by atoms with E-state index in [4.69, 9.17) is 0 Å². The van der Waals surface area contributed by atoms with Crippen molar-refractivity contribution in [3.8, 4) is 0 Å². The third-order valence-electron chi connectivity index (χ3n) is 4.09. The van der Waals surface area contributed by atoms with Gasteiger partial charge in [0.25, 0.3) is 0 Å². The summed E-state index contributed by atoms with van der Waals surface area (Å²) in [4.78, 5) is 38.0. The van der Waals surface area contributed by atoms with Gasteiger partial charge in [0, 0.05) is 13.0 Å². The highest BCUT2D eigenvalue weighted by atomic mass is 16.2. The van der Waals surface area contributed by atoms with Crippen molar-refractivity contribution in [1.29, 1.82) is 0 Å². The molecule has 0 aliphatic carbocycles. The Hall–Kier alpha value is -2.02. The second kappa shape index (κ2) is 5.40. The Morgan fingerprint density at radius 3 is 2.71 bits per heavy atom. The van der Waals surface area contributed by atoms with E-state index < -0.39 is 0 Å². The number of hydrogen-bond acceptors (Lipinski definition) is 5. The van der Waals surface area contributed by atoms with Crippen molar-refractivity contribution in [1.82, 2.24) is 19.8 Å². The lowest BCUT2D eigenvalue weighted by Gasteiger charge is -2.26. The van der Waals surface area contributed by atoms with Crippen molar-refractivity contribution in [3.05, 3.63) is 18.7 Å². The van der Waals surface area contributed by atoms with Gasteiger partial charge < -0.3 is 14.7 Å². The number of hydrogen-bond donors (Lipinski definition) is 0. The molecule has 0 N–H and O–H groups in total. The van der Waals surface area contributed by atoms with Crippen LogP contribution in [0, 0.1) is 0 Å². The molecule has 1 aromatic heterocycles. The largest absolute Gasteiger partial charge is 0.336 e. The average molecular weight is 289 g/mol. The normalized spacial score (nSPS) is 24.8.